The predicted octanol–water partition coefficient (Wildman–Crippen LogP) is 14.7. The third-order valence-corrected chi connectivity index (χ3v) is 14.6. The van der Waals surface area contributed by atoms with Gasteiger partial charge in [-0.3, -0.25) is 0 Å². The highest BCUT2D eigenvalue weighted by Crippen LogP contribution is 2.42. The number of aliphatic hydroxyl groups excluding tert-OH is 2. The molecule has 4 aromatic carbocycles. The molecule has 4 nitrogen and oxygen atoms in total. The van der Waals surface area contributed by atoms with E-state index in [0.29, 0.717) is 11.5 Å². The Morgan fingerprint density at radius 2 is 0.919 bits per heavy atom. The van der Waals surface area contributed by atoms with Gasteiger partial charge in [0.2, 0.25) is 0 Å². The lowest BCUT2D eigenvalue weighted by molar-refractivity contribution is 0.0360. The minimum absolute atomic E-state index is 0.0276. The molecule has 2 atom stereocenters. The van der Waals surface area contributed by atoms with Crippen molar-refractivity contribution in [2.75, 3.05) is 0 Å². The highest BCUT2D eigenvalue weighted by atomic mass is 16.3. The van der Waals surface area contributed by atoms with E-state index < -0.39 is 6.10 Å². The van der Waals surface area contributed by atoms with Gasteiger partial charge in [0.15, 0.2) is 0 Å². The van der Waals surface area contributed by atoms with Crippen LogP contribution in [-0.2, 0) is 17.3 Å². The van der Waals surface area contributed by atoms with E-state index in [1.54, 1.807) is 6.07 Å². The maximum atomic E-state index is 10.8. The average molecular weight is 845 g/mol. The topological polar surface area (TPSA) is 80.9 Å². The van der Waals surface area contributed by atoms with E-state index in [4.69, 9.17) is 0 Å². The summed E-state index contributed by atoms with van der Waals surface area (Å²) in [4.78, 5) is 0. The summed E-state index contributed by atoms with van der Waals surface area (Å²) in [7, 11) is 0. The highest BCUT2D eigenvalue weighted by Gasteiger charge is 2.33. The monoisotopic (exact) mass is 845 g/mol. The van der Waals surface area contributed by atoms with Crippen molar-refractivity contribution < 1.29 is 20.4 Å². The third kappa shape index (κ3) is 12.6. The Hall–Kier alpha value is -4.04. The Morgan fingerprint density at radius 3 is 1.32 bits per heavy atom. The molecule has 4 aromatic rings. The van der Waals surface area contributed by atoms with Gasteiger partial charge in [-0.15, -0.1) is 0 Å². The zero-order valence-electron chi connectivity index (χ0n) is 41.4. The van der Waals surface area contributed by atoms with Crippen LogP contribution in [0.15, 0.2) is 72.8 Å². The first-order chi connectivity index (χ1) is 29.2. The van der Waals surface area contributed by atoms with Crippen molar-refractivity contribution >= 4 is 0 Å². The van der Waals surface area contributed by atoms with E-state index in [2.05, 4.69) is 150 Å². The molecule has 340 valence electrons. The second kappa shape index (κ2) is 23.1. The summed E-state index contributed by atoms with van der Waals surface area (Å²) >= 11 is 0. The highest BCUT2D eigenvalue weighted by molar-refractivity contribution is 5.50. The van der Waals surface area contributed by atoms with E-state index in [-0.39, 0.29) is 27.8 Å². The molecular formula is C58H84O4. The summed E-state index contributed by atoms with van der Waals surface area (Å²) in [6, 6.07) is 25.4. The van der Waals surface area contributed by atoms with Crippen molar-refractivity contribution in [3.05, 3.63) is 128 Å². The number of aryl methyl sites for hydroxylation is 5. The number of aromatic hydroxyl groups is 2. The lowest BCUT2D eigenvalue weighted by Crippen LogP contribution is -2.30. The molecule has 4 N–H and O–H groups in total. The van der Waals surface area contributed by atoms with Gasteiger partial charge in [0.05, 0.1) is 6.10 Å². The van der Waals surface area contributed by atoms with Gasteiger partial charge in [0.1, 0.15) is 17.6 Å². The number of rotatable bonds is 19. The molecule has 0 bridgehead atoms. The number of aliphatic hydroxyl groups is 2. The van der Waals surface area contributed by atoms with Gasteiger partial charge >= 0.3 is 0 Å². The van der Waals surface area contributed by atoms with E-state index in [1.807, 2.05) is 26.0 Å². The fourth-order valence-corrected chi connectivity index (χ4v) is 9.34. The van der Waals surface area contributed by atoms with E-state index in [9.17, 15) is 20.4 Å². The molecule has 0 saturated heterocycles. The number of benzene rings is 4. The molecular weight excluding hydrogens is 761 g/mol. The number of hydrogen-bond donors (Lipinski definition) is 4. The van der Waals surface area contributed by atoms with Gasteiger partial charge < -0.3 is 20.4 Å². The summed E-state index contributed by atoms with van der Waals surface area (Å²) in [6.45, 7) is 30.1. The van der Waals surface area contributed by atoms with Crippen LogP contribution in [0.25, 0.3) is 0 Å². The Bertz CT molecular complexity index is 2080. The summed E-state index contributed by atoms with van der Waals surface area (Å²) in [5, 5.41) is 41.4. The average Bonchev–Trinajstić information content (AvgIpc) is 3.25. The molecule has 0 saturated carbocycles. The molecule has 2 unspecified atom stereocenters. The Kier molecular flexibility index (Phi) is 19.4. The Balaban J connectivity index is 0.000000330. The summed E-state index contributed by atoms with van der Waals surface area (Å²) in [5.41, 5.74) is 11.3. The predicted molar refractivity (Wildman–Crippen MR) is 265 cm³/mol. The zero-order chi connectivity index (χ0) is 46.5. The first kappa shape index (κ1) is 52.3. The first-order valence-electron chi connectivity index (χ1n) is 23.9. The first-order valence-corrected chi connectivity index (χ1v) is 23.9. The van der Waals surface area contributed by atoms with Crippen molar-refractivity contribution in [3.8, 4) is 23.3 Å². The zero-order valence-corrected chi connectivity index (χ0v) is 41.4. The van der Waals surface area contributed by atoms with Crippen LogP contribution < -0.4 is 0 Å². The normalized spacial score (nSPS) is 13.2. The molecule has 0 aliphatic rings. The number of phenols is 2. The lowest BCUT2D eigenvalue weighted by Gasteiger charge is -2.34. The molecule has 4 rings (SSSR count). The molecule has 0 aliphatic carbocycles. The fraction of sp³-hybridized carbons (Fsp3) is 0.552. The van der Waals surface area contributed by atoms with E-state index in [1.165, 1.54) is 46.2 Å². The number of phenolic OH excluding ortho intramolecular Hbond substituents is 2. The molecule has 62 heavy (non-hydrogen) atoms. The van der Waals surface area contributed by atoms with Crippen molar-refractivity contribution in [1.29, 1.82) is 0 Å². The van der Waals surface area contributed by atoms with Crippen LogP contribution in [0.2, 0.25) is 0 Å². The standard InChI is InChI=1S/C29H44O2.C29H40O2/c2*1-8-11-18-28(6,7)27(31)17-13-23-12-14-24(19-21(23)4)29(9-2,10-3)25-15-16-26(30)22(5)20-25/h12,14-16,19-20,27,30-31H,8-11,13,17-18H2,1-7H3;12,14-16,19-20,27,30-31H,8-11,18H2,1-7H3. The van der Waals surface area contributed by atoms with Gasteiger partial charge in [-0.25, -0.2) is 0 Å². The third-order valence-electron chi connectivity index (χ3n) is 14.6. The van der Waals surface area contributed by atoms with Gasteiger partial charge in [0.25, 0.3) is 0 Å². The minimum atomic E-state index is -0.636. The molecule has 0 aliphatic heterocycles. The second-order valence-electron chi connectivity index (χ2n) is 19.7. The maximum Gasteiger partial charge on any atom is 0.120 e. The van der Waals surface area contributed by atoms with Gasteiger partial charge in [-0.05, 0) is 153 Å². The molecule has 0 heterocycles. The minimum Gasteiger partial charge on any atom is -0.508 e. The maximum absolute atomic E-state index is 10.8. The fourth-order valence-electron chi connectivity index (χ4n) is 9.34. The van der Waals surface area contributed by atoms with E-state index in [0.717, 1.165) is 86.5 Å². The quantitative estimate of drug-likeness (QED) is 0.0709. The summed E-state index contributed by atoms with van der Waals surface area (Å²) in [6.07, 6.45) is 11.4. The van der Waals surface area contributed by atoms with Crippen LogP contribution in [0.3, 0.4) is 0 Å². The largest absolute Gasteiger partial charge is 0.508 e. The number of unbranched alkanes of at least 4 members (excludes halogenated alkanes) is 2. The van der Waals surface area contributed by atoms with Crippen LogP contribution >= 0.6 is 0 Å². The lowest BCUT2D eigenvalue weighted by atomic mass is 9.69. The Labute approximate surface area is 378 Å². The van der Waals surface area contributed by atoms with Gasteiger partial charge in [-0.2, -0.15) is 0 Å². The van der Waals surface area contributed by atoms with Crippen molar-refractivity contribution in [1.82, 2.24) is 0 Å². The second-order valence-corrected chi connectivity index (χ2v) is 19.7. The van der Waals surface area contributed by atoms with Crippen LogP contribution in [0.5, 0.6) is 11.5 Å². The molecule has 0 spiro atoms. The summed E-state index contributed by atoms with van der Waals surface area (Å²) < 4.78 is 0. The number of hydrogen-bond acceptors (Lipinski definition) is 4. The molecule has 0 fully saturated rings. The van der Waals surface area contributed by atoms with Crippen LogP contribution in [-0.4, -0.2) is 32.6 Å². The van der Waals surface area contributed by atoms with Crippen LogP contribution in [0.4, 0.5) is 0 Å². The SMILES string of the molecule is CCCCC(C)(C)C(O)C#Cc1ccc(C(CC)(CC)c2ccc(O)c(C)c2)cc1C.CCCCC(C)(C)C(O)CCc1ccc(C(CC)(CC)c2ccc(O)c(C)c2)cc1C. The molecule has 4 heteroatoms. The van der Waals surface area contributed by atoms with Crippen molar-refractivity contribution in [2.45, 2.75) is 197 Å². The van der Waals surface area contributed by atoms with Gasteiger partial charge in [-0.1, -0.05) is 161 Å². The summed E-state index contributed by atoms with van der Waals surface area (Å²) in [5.74, 6) is 7.03. The van der Waals surface area contributed by atoms with Crippen LogP contribution in [0, 0.1) is 50.4 Å². The molecule has 0 aromatic heterocycles. The van der Waals surface area contributed by atoms with Crippen LogP contribution in [0.1, 0.15) is 196 Å². The molecule has 0 amide bonds. The van der Waals surface area contributed by atoms with Crippen molar-refractivity contribution in [3.63, 3.8) is 0 Å². The van der Waals surface area contributed by atoms with Gasteiger partial charge in [0, 0.05) is 21.8 Å². The smallest absolute Gasteiger partial charge is 0.120 e. The van der Waals surface area contributed by atoms with Crippen molar-refractivity contribution in [2.24, 2.45) is 10.8 Å². The van der Waals surface area contributed by atoms with E-state index >= 15 is 0 Å². The molecule has 0 radical (unpaired) electrons. The Morgan fingerprint density at radius 1 is 0.516 bits per heavy atom.